The van der Waals surface area contributed by atoms with Crippen molar-refractivity contribution in [1.29, 1.82) is 0 Å². The molecule has 100 valence electrons. The third-order valence-corrected chi connectivity index (χ3v) is 3.25. The zero-order chi connectivity index (χ0) is 13.2. The molecule has 3 heteroatoms. The number of aliphatic hydroxyl groups excluding tert-OH is 1. The summed E-state index contributed by atoms with van der Waals surface area (Å²) in [6, 6.07) is 8.02. The maximum absolute atomic E-state index is 8.99. The molecule has 0 aromatic heterocycles. The molecule has 1 aromatic rings. The van der Waals surface area contributed by atoms with Gasteiger partial charge in [-0.05, 0) is 36.3 Å². The molecule has 0 aliphatic heterocycles. The van der Waals surface area contributed by atoms with E-state index in [9.17, 15) is 0 Å². The third-order valence-electron chi connectivity index (χ3n) is 3.25. The number of hydrogen-bond acceptors (Lipinski definition) is 3. The highest BCUT2D eigenvalue weighted by atomic mass is 16.4. The minimum atomic E-state index is 0.235. The second-order valence-corrected chi connectivity index (χ2v) is 4.58. The van der Waals surface area contributed by atoms with Gasteiger partial charge in [-0.1, -0.05) is 49.2 Å². The van der Waals surface area contributed by atoms with Crippen LogP contribution >= 0.6 is 0 Å². The van der Waals surface area contributed by atoms with Gasteiger partial charge in [0.2, 0.25) is 0 Å². The highest BCUT2D eigenvalue weighted by Crippen LogP contribution is 2.29. The fourth-order valence-corrected chi connectivity index (χ4v) is 2.31. The normalized spacial score (nSPS) is 13.0. The summed E-state index contributed by atoms with van der Waals surface area (Å²) >= 11 is 0. The summed E-state index contributed by atoms with van der Waals surface area (Å²) in [4.78, 5) is 0. The topological polar surface area (TPSA) is 52.8 Å². The lowest BCUT2D eigenvalue weighted by Crippen LogP contribution is -2.04. The monoisotopic (exact) mass is 249 g/mol. The van der Waals surface area contributed by atoms with Crippen molar-refractivity contribution >= 4 is 6.21 Å². The second kappa shape index (κ2) is 8.70. The molecule has 0 fully saturated rings. The Labute approximate surface area is 109 Å². The van der Waals surface area contributed by atoms with Crippen LogP contribution in [0.15, 0.2) is 29.4 Å². The molecule has 2 N–H and O–H groups in total. The van der Waals surface area contributed by atoms with E-state index < -0.39 is 0 Å². The first-order valence-corrected chi connectivity index (χ1v) is 6.70. The molecule has 0 bridgehead atoms. The van der Waals surface area contributed by atoms with E-state index >= 15 is 0 Å². The van der Waals surface area contributed by atoms with Gasteiger partial charge >= 0.3 is 0 Å². The summed E-state index contributed by atoms with van der Waals surface area (Å²) in [7, 11) is 0. The lowest BCUT2D eigenvalue weighted by Gasteiger charge is -2.18. The van der Waals surface area contributed by atoms with E-state index in [1.54, 1.807) is 0 Å². The van der Waals surface area contributed by atoms with Gasteiger partial charge in [-0.3, -0.25) is 0 Å². The van der Waals surface area contributed by atoms with Crippen LogP contribution in [0.25, 0.3) is 0 Å². The van der Waals surface area contributed by atoms with Crippen molar-refractivity contribution in [3.8, 4) is 0 Å². The molecular weight excluding hydrogens is 226 g/mol. The number of oxime groups is 1. The smallest absolute Gasteiger partial charge is 0.0736 e. The first kappa shape index (κ1) is 14.7. The van der Waals surface area contributed by atoms with E-state index in [-0.39, 0.29) is 6.61 Å². The van der Waals surface area contributed by atoms with Crippen molar-refractivity contribution in [2.45, 2.75) is 44.9 Å². The van der Waals surface area contributed by atoms with Crippen LogP contribution in [0.3, 0.4) is 0 Å². The van der Waals surface area contributed by atoms with Crippen LogP contribution < -0.4 is 0 Å². The van der Waals surface area contributed by atoms with E-state index in [1.165, 1.54) is 24.6 Å². The van der Waals surface area contributed by atoms with Crippen molar-refractivity contribution in [2.24, 2.45) is 5.16 Å². The summed E-state index contributed by atoms with van der Waals surface area (Å²) in [6.45, 7) is 2.42. The number of benzene rings is 1. The molecule has 3 nitrogen and oxygen atoms in total. The van der Waals surface area contributed by atoms with Gasteiger partial charge < -0.3 is 10.3 Å². The number of unbranched alkanes of at least 4 members (excludes halogenated alkanes) is 1. The third kappa shape index (κ3) is 4.49. The summed E-state index contributed by atoms with van der Waals surface area (Å²) in [5.74, 6) is 0.436. The van der Waals surface area contributed by atoms with Crippen LogP contribution in [0, 0.1) is 0 Å². The van der Waals surface area contributed by atoms with Crippen LogP contribution in [0.2, 0.25) is 0 Å². The molecule has 0 spiro atoms. The van der Waals surface area contributed by atoms with E-state index in [4.69, 9.17) is 10.3 Å². The zero-order valence-corrected chi connectivity index (χ0v) is 11.0. The van der Waals surface area contributed by atoms with Crippen molar-refractivity contribution in [1.82, 2.24) is 0 Å². The molecular formula is C15H23NO2. The fourth-order valence-electron chi connectivity index (χ4n) is 2.31. The molecule has 1 unspecified atom stereocenters. The van der Waals surface area contributed by atoms with E-state index in [1.807, 2.05) is 18.2 Å². The van der Waals surface area contributed by atoms with Gasteiger partial charge in [0, 0.05) is 6.61 Å². The Morgan fingerprint density at radius 2 is 1.94 bits per heavy atom. The largest absolute Gasteiger partial charge is 0.411 e. The molecule has 0 amide bonds. The second-order valence-electron chi connectivity index (χ2n) is 4.58. The fraction of sp³-hybridized carbons (Fsp3) is 0.533. The number of nitrogens with zero attached hydrogens (tertiary/aromatic N) is 1. The van der Waals surface area contributed by atoms with Gasteiger partial charge in [0.25, 0.3) is 0 Å². The Bertz CT molecular complexity index is 355. The Morgan fingerprint density at radius 3 is 2.61 bits per heavy atom. The number of aliphatic hydroxyl groups is 1. The molecule has 0 radical (unpaired) electrons. The Balaban J connectivity index is 2.88. The van der Waals surface area contributed by atoms with E-state index in [0.29, 0.717) is 5.92 Å². The SMILES string of the molecule is CCCCC(CCCO)c1ccccc1C=NO. The maximum atomic E-state index is 8.99. The molecule has 18 heavy (non-hydrogen) atoms. The van der Waals surface area contributed by atoms with Crippen molar-refractivity contribution < 1.29 is 10.3 Å². The Morgan fingerprint density at radius 1 is 1.22 bits per heavy atom. The first-order valence-electron chi connectivity index (χ1n) is 6.70. The standard InChI is InChI=1S/C15H23NO2/c1-2-3-7-13(9-6-11-17)15-10-5-4-8-14(15)12-16-18/h4-5,8,10,12-13,17-18H,2-3,6-7,9,11H2,1H3. The molecule has 0 saturated carbocycles. The molecule has 0 aliphatic carbocycles. The predicted octanol–water partition coefficient (Wildman–Crippen LogP) is 3.54. The van der Waals surface area contributed by atoms with Crippen LogP contribution in [0.4, 0.5) is 0 Å². The van der Waals surface area contributed by atoms with Crippen molar-refractivity contribution in [2.75, 3.05) is 6.61 Å². The lowest BCUT2D eigenvalue weighted by atomic mass is 9.87. The predicted molar refractivity (Wildman–Crippen MR) is 74.4 cm³/mol. The van der Waals surface area contributed by atoms with Gasteiger partial charge in [-0.2, -0.15) is 0 Å². The molecule has 0 heterocycles. The van der Waals surface area contributed by atoms with E-state index in [0.717, 1.165) is 24.8 Å². The average molecular weight is 249 g/mol. The summed E-state index contributed by atoms with van der Waals surface area (Å²) in [5, 5.41) is 20.8. The maximum Gasteiger partial charge on any atom is 0.0736 e. The van der Waals surface area contributed by atoms with Gasteiger partial charge in [0.15, 0.2) is 0 Å². The molecule has 0 saturated heterocycles. The minimum absolute atomic E-state index is 0.235. The minimum Gasteiger partial charge on any atom is -0.411 e. The summed E-state index contributed by atoms with van der Waals surface area (Å²) < 4.78 is 0. The van der Waals surface area contributed by atoms with Crippen LogP contribution in [-0.4, -0.2) is 23.1 Å². The quantitative estimate of drug-likeness (QED) is 0.420. The highest BCUT2D eigenvalue weighted by Gasteiger charge is 2.13. The van der Waals surface area contributed by atoms with Gasteiger partial charge in [0.05, 0.1) is 6.21 Å². The highest BCUT2D eigenvalue weighted by molar-refractivity contribution is 5.81. The average Bonchev–Trinajstić information content (AvgIpc) is 2.40. The van der Waals surface area contributed by atoms with Gasteiger partial charge in [-0.25, -0.2) is 0 Å². The Hall–Kier alpha value is -1.35. The summed E-state index contributed by atoms with van der Waals surface area (Å²) in [5.41, 5.74) is 2.19. The molecule has 1 aromatic carbocycles. The van der Waals surface area contributed by atoms with Crippen LogP contribution in [0.1, 0.15) is 56.1 Å². The lowest BCUT2D eigenvalue weighted by molar-refractivity contribution is 0.278. The van der Waals surface area contributed by atoms with Crippen LogP contribution in [0.5, 0.6) is 0 Å². The van der Waals surface area contributed by atoms with Gasteiger partial charge in [0.1, 0.15) is 0 Å². The zero-order valence-electron chi connectivity index (χ0n) is 11.0. The van der Waals surface area contributed by atoms with Gasteiger partial charge in [-0.15, -0.1) is 0 Å². The molecule has 1 atom stereocenters. The first-order chi connectivity index (χ1) is 8.83. The molecule has 0 aliphatic rings. The molecule has 1 rings (SSSR count). The van der Waals surface area contributed by atoms with E-state index in [2.05, 4.69) is 18.1 Å². The van der Waals surface area contributed by atoms with Crippen LogP contribution in [-0.2, 0) is 0 Å². The number of rotatable bonds is 8. The summed E-state index contributed by atoms with van der Waals surface area (Å²) in [6.07, 6.45) is 6.76. The van der Waals surface area contributed by atoms with Crippen molar-refractivity contribution in [3.05, 3.63) is 35.4 Å². The Kier molecular flexibility index (Phi) is 7.11. The number of hydrogen-bond donors (Lipinski definition) is 2. The van der Waals surface area contributed by atoms with Crippen molar-refractivity contribution in [3.63, 3.8) is 0 Å².